The van der Waals surface area contributed by atoms with Gasteiger partial charge in [-0.25, -0.2) is 0 Å². The van der Waals surface area contributed by atoms with Crippen molar-refractivity contribution in [2.24, 2.45) is 0 Å². The zero-order valence-corrected chi connectivity index (χ0v) is 10.1. The van der Waals surface area contributed by atoms with Crippen LogP contribution in [0.2, 0.25) is 0 Å². The molecule has 0 radical (unpaired) electrons. The Hall–Kier alpha value is -1.61. The average molecular weight is 230 g/mol. The van der Waals surface area contributed by atoms with Crippen LogP contribution in [0, 0.1) is 0 Å². The van der Waals surface area contributed by atoms with Gasteiger partial charge in [0.1, 0.15) is 0 Å². The molecule has 1 atom stereocenters. The fraction of sp³-hybridized carbons (Fsp3) is 0.357. The highest BCUT2D eigenvalue weighted by atomic mass is 16.1. The van der Waals surface area contributed by atoms with Crippen molar-refractivity contribution in [1.29, 1.82) is 0 Å². The molecule has 1 amide bonds. The summed E-state index contributed by atoms with van der Waals surface area (Å²) in [5.74, 6) is -0.109. The second-order valence-corrected chi connectivity index (χ2v) is 4.29. The Morgan fingerprint density at radius 3 is 3.06 bits per heavy atom. The van der Waals surface area contributed by atoms with E-state index >= 15 is 0 Å². The van der Waals surface area contributed by atoms with E-state index in [1.807, 2.05) is 12.1 Å². The van der Waals surface area contributed by atoms with E-state index in [1.54, 1.807) is 0 Å². The third-order valence-electron chi connectivity index (χ3n) is 3.21. The maximum atomic E-state index is 11.4. The number of likely N-dealkylation sites (N-methyl/N-ethyl adjacent to an activating group) is 1. The summed E-state index contributed by atoms with van der Waals surface area (Å²) in [4.78, 5) is 13.8. The predicted octanol–water partition coefficient (Wildman–Crippen LogP) is 1.87. The molecule has 1 aliphatic rings. The molecule has 3 heteroatoms. The summed E-state index contributed by atoms with van der Waals surface area (Å²) in [5.41, 5.74) is 2.53. The normalized spacial score (nSPS) is 19.5. The van der Waals surface area contributed by atoms with E-state index in [-0.39, 0.29) is 11.9 Å². The van der Waals surface area contributed by atoms with Crippen molar-refractivity contribution < 1.29 is 4.79 Å². The standard InChI is InChI=1S/C14H18N2O/c1-3-14(17)15-13-10-16(4-2)9-11-7-5-6-8-12(11)13/h3,5-8,13H,1,4,9-10H2,2H3,(H,15,17). The maximum absolute atomic E-state index is 11.4. The summed E-state index contributed by atoms with van der Waals surface area (Å²) < 4.78 is 0. The van der Waals surface area contributed by atoms with Gasteiger partial charge in [-0.3, -0.25) is 9.69 Å². The van der Waals surface area contributed by atoms with E-state index in [1.165, 1.54) is 17.2 Å². The van der Waals surface area contributed by atoms with Gasteiger partial charge in [-0.15, -0.1) is 0 Å². The second kappa shape index (κ2) is 5.15. The highest BCUT2D eigenvalue weighted by Gasteiger charge is 2.24. The smallest absolute Gasteiger partial charge is 0.243 e. The number of hydrogen-bond acceptors (Lipinski definition) is 2. The van der Waals surface area contributed by atoms with Crippen LogP contribution in [-0.4, -0.2) is 23.9 Å². The maximum Gasteiger partial charge on any atom is 0.243 e. The quantitative estimate of drug-likeness (QED) is 0.804. The Labute approximate surface area is 102 Å². The molecule has 1 N–H and O–H groups in total. The van der Waals surface area contributed by atoms with Crippen molar-refractivity contribution in [3.8, 4) is 0 Å². The molecule has 1 unspecified atom stereocenters. The topological polar surface area (TPSA) is 32.3 Å². The second-order valence-electron chi connectivity index (χ2n) is 4.29. The third kappa shape index (κ3) is 2.56. The lowest BCUT2D eigenvalue weighted by molar-refractivity contribution is -0.117. The van der Waals surface area contributed by atoms with E-state index in [4.69, 9.17) is 0 Å². The van der Waals surface area contributed by atoms with Crippen molar-refractivity contribution in [3.63, 3.8) is 0 Å². The lowest BCUT2D eigenvalue weighted by Crippen LogP contribution is -2.41. The summed E-state index contributed by atoms with van der Waals surface area (Å²) in [5, 5.41) is 2.99. The average Bonchev–Trinajstić information content (AvgIpc) is 2.38. The Bertz CT molecular complexity index is 428. The molecule has 0 spiro atoms. The van der Waals surface area contributed by atoms with Gasteiger partial charge in [0.25, 0.3) is 0 Å². The van der Waals surface area contributed by atoms with E-state index in [9.17, 15) is 4.79 Å². The molecule has 2 rings (SSSR count). The zero-order valence-electron chi connectivity index (χ0n) is 10.1. The Morgan fingerprint density at radius 1 is 1.59 bits per heavy atom. The number of fused-ring (bicyclic) bond motifs is 1. The number of amides is 1. The SMILES string of the molecule is C=CC(=O)NC1CN(CC)Cc2ccccc21. The van der Waals surface area contributed by atoms with Gasteiger partial charge in [0.15, 0.2) is 0 Å². The van der Waals surface area contributed by atoms with Gasteiger partial charge in [-0.2, -0.15) is 0 Å². The Morgan fingerprint density at radius 2 is 2.35 bits per heavy atom. The number of nitrogens with zero attached hydrogens (tertiary/aromatic N) is 1. The van der Waals surface area contributed by atoms with E-state index in [2.05, 4.69) is 35.9 Å². The highest BCUT2D eigenvalue weighted by Crippen LogP contribution is 2.26. The summed E-state index contributed by atoms with van der Waals surface area (Å²) in [6.45, 7) is 8.46. The van der Waals surface area contributed by atoms with Gasteiger partial charge >= 0.3 is 0 Å². The molecule has 90 valence electrons. The van der Waals surface area contributed by atoms with Crippen molar-refractivity contribution in [3.05, 3.63) is 48.0 Å². The summed E-state index contributed by atoms with van der Waals surface area (Å²) in [6.07, 6.45) is 1.33. The van der Waals surface area contributed by atoms with Crippen molar-refractivity contribution >= 4 is 5.91 Å². The molecule has 0 aromatic heterocycles. The number of benzene rings is 1. The summed E-state index contributed by atoms with van der Waals surface area (Å²) in [6, 6.07) is 8.36. The Balaban J connectivity index is 2.25. The number of carbonyl (C=O) groups is 1. The first-order valence-electron chi connectivity index (χ1n) is 5.97. The van der Waals surface area contributed by atoms with Crippen LogP contribution in [0.5, 0.6) is 0 Å². The zero-order chi connectivity index (χ0) is 12.3. The van der Waals surface area contributed by atoms with Gasteiger partial charge in [-0.1, -0.05) is 37.8 Å². The van der Waals surface area contributed by atoms with Gasteiger partial charge < -0.3 is 5.32 Å². The summed E-state index contributed by atoms with van der Waals surface area (Å²) >= 11 is 0. The van der Waals surface area contributed by atoms with Crippen LogP contribution in [0.25, 0.3) is 0 Å². The molecule has 3 nitrogen and oxygen atoms in total. The van der Waals surface area contributed by atoms with Crippen LogP contribution >= 0.6 is 0 Å². The largest absolute Gasteiger partial charge is 0.344 e. The van der Waals surface area contributed by atoms with Crippen LogP contribution in [-0.2, 0) is 11.3 Å². The van der Waals surface area contributed by atoms with Crippen LogP contribution in [0.1, 0.15) is 24.1 Å². The molecule has 1 heterocycles. The van der Waals surface area contributed by atoms with Gasteiger partial charge in [0, 0.05) is 13.1 Å². The highest BCUT2D eigenvalue weighted by molar-refractivity contribution is 5.87. The first kappa shape index (κ1) is 11.9. The van der Waals surface area contributed by atoms with Gasteiger partial charge in [-0.05, 0) is 23.7 Å². The van der Waals surface area contributed by atoms with Crippen molar-refractivity contribution in [2.45, 2.75) is 19.5 Å². The minimum absolute atomic E-state index is 0.0744. The molecule has 0 fully saturated rings. The van der Waals surface area contributed by atoms with Crippen LogP contribution < -0.4 is 5.32 Å². The first-order valence-corrected chi connectivity index (χ1v) is 5.97. The van der Waals surface area contributed by atoms with Crippen LogP contribution in [0.4, 0.5) is 0 Å². The molecule has 1 aromatic rings. The molecule has 1 aromatic carbocycles. The third-order valence-corrected chi connectivity index (χ3v) is 3.21. The first-order chi connectivity index (χ1) is 8.24. The Kier molecular flexibility index (Phi) is 3.59. The van der Waals surface area contributed by atoms with Gasteiger partial charge in [0.2, 0.25) is 5.91 Å². The van der Waals surface area contributed by atoms with Crippen molar-refractivity contribution in [1.82, 2.24) is 10.2 Å². The molecule has 0 aliphatic carbocycles. The lowest BCUT2D eigenvalue weighted by Gasteiger charge is -2.34. The molecular weight excluding hydrogens is 212 g/mol. The molecule has 0 saturated heterocycles. The molecule has 1 aliphatic heterocycles. The lowest BCUT2D eigenvalue weighted by atomic mass is 9.95. The fourth-order valence-corrected chi connectivity index (χ4v) is 2.28. The van der Waals surface area contributed by atoms with Crippen LogP contribution in [0.15, 0.2) is 36.9 Å². The fourth-order valence-electron chi connectivity index (χ4n) is 2.28. The number of hydrogen-bond donors (Lipinski definition) is 1. The number of carbonyl (C=O) groups excluding carboxylic acids is 1. The van der Waals surface area contributed by atoms with E-state index in [0.29, 0.717) is 0 Å². The molecule has 0 saturated carbocycles. The van der Waals surface area contributed by atoms with E-state index in [0.717, 1.165) is 19.6 Å². The molecule has 17 heavy (non-hydrogen) atoms. The minimum atomic E-state index is -0.109. The van der Waals surface area contributed by atoms with Crippen molar-refractivity contribution in [2.75, 3.05) is 13.1 Å². The number of nitrogens with one attached hydrogen (secondary N) is 1. The molecular formula is C14H18N2O. The molecule has 0 bridgehead atoms. The minimum Gasteiger partial charge on any atom is -0.344 e. The van der Waals surface area contributed by atoms with Gasteiger partial charge in [0.05, 0.1) is 6.04 Å². The van der Waals surface area contributed by atoms with Crippen LogP contribution in [0.3, 0.4) is 0 Å². The summed E-state index contributed by atoms with van der Waals surface area (Å²) in [7, 11) is 0. The van der Waals surface area contributed by atoms with E-state index < -0.39 is 0 Å². The monoisotopic (exact) mass is 230 g/mol. The number of rotatable bonds is 3. The predicted molar refractivity (Wildman–Crippen MR) is 68.5 cm³/mol.